The third-order valence-corrected chi connectivity index (χ3v) is 4.74. The third-order valence-electron chi connectivity index (χ3n) is 3.71. The van der Waals surface area contributed by atoms with Crippen LogP contribution in [0.1, 0.15) is 18.3 Å². The molecule has 0 unspecified atom stereocenters. The largest absolute Gasteiger partial charge is 0.395 e. The molecule has 1 aliphatic heterocycles. The molecule has 1 aliphatic rings. The molecule has 0 aliphatic carbocycles. The second-order valence-electron chi connectivity index (χ2n) is 5.00. The van der Waals surface area contributed by atoms with E-state index in [1.165, 1.54) is 5.69 Å². The van der Waals surface area contributed by atoms with Crippen LogP contribution in [-0.2, 0) is 13.1 Å². The highest BCUT2D eigenvalue weighted by Gasteiger charge is 2.20. The van der Waals surface area contributed by atoms with Gasteiger partial charge in [-0.15, -0.1) is 0 Å². The topological polar surface area (TPSA) is 44.5 Å². The van der Waals surface area contributed by atoms with Crippen LogP contribution in [0.15, 0.2) is 4.47 Å². The fraction of sp³-hybridized carbons (Fsp3) is 0.769. The van der Waals surface area contributed by atoms with Crippen molar-refractivity contribution >= 4 is 15.9 Å². The normalized spacial score (nSPS) is 18.1. The lowest BCUT2D eigenvalue weighted by atomic mass is 10.2. The van der Waals surface area contributed by atoms with Crippen LogP contribution in [0.3, 0.4) is 0 Å². The zero-order valence-electron chi connectivity index (χ0n) is 11.8. The van der Waals surface area contributed by atoms with Crippen molar-refractivity contribution in [3.8, 4) is 0 Å². The van der Waals surface area contributed by atoms with Gasteiger partial charge in [-0.1, -0.05) is 0 Å². The van der Waals surface area contributed by atoms with E-state index in [1.807, 2.05) is 6.92 Å². The number of nitrogens with zero attached hydrogens (tertiary/aromatic N) is 4. The Labute approximate surface area is 123 Å². The molecule has 0 radical (unpaired) electrons. The Morgan fingerprint density at radius 1 is 1.21 bits per heavy atom. The zero-order chi connectivity index (χ0) is 13.8. The second kappa shape index (κ2) is 6.83. The Bertz CT molecular complexity index is 413. The monoisotopic (exact) mass is 330 g/mol. The minimum atomic E-state index is 0.257. The maximum absolute atomic E-state index is 8.95. The van der Waals surface area contributed by atoms with Crippen LogP contribution in [0.4, 0.5) is 0 Å². The Morgan fingerprint density at radius 2 is 1.84 bits per heavy atom. The number of aryl methyl sites for hydroxylation is 2. The number of aliphatic hydroxyl groups excluding tert-OH is 1. The minimum Gasteiger partial charge on any atom is -0.395 e. The smallest absolute Gasteiger partial charge is 0.0739 e. The summed E-state index contributed by atoms with van der Waals surface area (Å²) in [6.07, 6.45) is 0. The number of rotatable bonds is 5. The molecule has 6 heteroatoms. The van der Waals surface area contributed by atoms with Crippen LogP contribution < -0.4 is 0 Å². The SMILES string of the molecule is CCn1nc(C)c(Br)c1CN1CCN(CCO)CC1. The first-order valence-electron chi connectivity index (χ1n) is 6.93. The highest BCUT2D eigenvalue weighted by molar-refractivity contribution is 9.10. The number of β-amino-alcohol motifs (C(OH)–C–C–N with tert-alkyl or cyclic N) is 1. The summed E-state index contributed by atoms with van der Waals surface area (Å²) in [4.78, 5) is 4.77. The Hall–Kier alpha value is -0.430. The Morgan fingerprint density at radius 3 is 2.42 bits per heavy atom. The van der Waals surface area contributed by atoms with Crippen LogP contribution in [0, 0.1) is 6.92 Å². The van der Waals surface area contributed by atoms with Gasteiger partial charge in [-0.25, -0.2) is 0 Å². The summed E-state index contributed by atoms with van der Waals surface area (Å²) < 4.78 is 3.23. The van der Waals surface area contributed by atoms with Crippen LogP contribution in [0.2, 0.25) is 0 Å². The fourth-order valence-electron chi connectivity index (χ4n) is 2.54. The predicted molar refractivity (Wildman–Crippen MR) is 79.1 cm³/mol. The van der Waals surface area contributed by atoms with E-state index in [0.717, 1.165) is 56.0 Å². The molecule has 1 aromatic heterocycles. The van der Waals surface area contributed by atoms with Crippen molar-refractivity contribution in [1.29, 1.82) is 0 Å². The van der Waals surface area contributed by atoms with Crippen molar-refractivity contribution in [3.63, 3.8) is 0 Å². The number of aliphatic hydroxyl groups is 1. The van der Waals surface area contributed by atoms with Crippen molar-refractivity contribution < 1.29 is 5.11 Å². The van der Waals surface area contributed by atoms with Crippen molar-refractivity contribution in [2.45, 2.75) is 26.9 Å². The van der Waals surface area contributed by atoms with Gasteiger partial charge in [0.15, 0.2) is 0 Å². The molecular formula is C13H23BrN4O. The maximum Gasteiger partial charge on any atom is 0.0739 e. The van der Waals surface area contributed by atoms with Gasteiger partial charge in [-0.3, -0.25) is 14.5 Å². The fourth-order valence-corrected chi connectivity index (χ4v) is 2.95. The molecule has 2 rings (SSSR count). The van der Waals surface area contributed by atoms with Crippen molar-refractivity contribution in [1.82, 2.24) is 19.6 Å². The van der Waals surface area contributed by atoms with E-state index in [1.54, 1.807) is 0 Å². The van der Waals surface area contributed by atoms with Crippen LogP contribution in [-0.4, -0.2) is 64.0 Å². The molecule has 0 saturated carbocycles. The van der Waals surface area contributed by atoms with E-state index in [4.69, 9.17) is 5.11 Å². The van der Waals surface area contributed by atoms with E-state index < -0.39 is 0 Å². The molecule has 0 amide bonds. The average molecular weight is 331 g/mol. The van der Waals surface area contributed by atoms with Gasteiger partial charge in [0.1, 0.15) is 0 Å². The van der Waals surface area contributed by atoms with Crippen LogP contribution in [0.5, 0.6) is 0 Å². The number of aromatic nitrogens is 2. The average Bonchev–Trinajstić information content (AvgIpc) is 2.69. The first-order chi connectivity index (χ1) is 9.15. The second-order valence-corrected chi connectivity index (χ2v) is 5.80. The molecule has 0 bridgehead atoms. The first kappa shape index (κ1) is 15.0. The van der Waals surface area contributed by atoms with Crippen LogP contribution in [0.25, 0.3) is 0 Å². The molecule has 0 spiro atoms. The van der Waals surface area contributed by atoms with Crippen molar-refractivity contribution in [2.24, 2.45) is 0 Å². The summed E-state index contributed by atoms with van der Waals surface area (Å²) in [5.41, 5.74) is 2.34. The minimum absolute atomic E-state index is 0.257. The molecule has 1 saturated heterocycles. The molecule has 19 heavy (non-hydrogen) atoms. The quantitative estimate of drug-likeness (QED) is 0.877. The molecule has 1 fully saturated rings. The van der Waals surface area contributed by atoms with Gasteiger partial charge in [0.25, 0.3) is 0 Å². The Kier molecular flexibility index (Phi) is 5.38. The summed E-state index contributed by atoms with van der Waals surface area (Å²) in [6, 6.07) is 0. The molecule has 0 aromatic carbocycles. The number of hydrogen-bond donors (Lipinski definition) is 1. The third kappa shape index (κ3) is 3.56. The highest BCUT2D eigenvalue weighted by Crippen LogP contribution is 2.22. The van der Waals surface area contributed by atoms with E-state index in [0.29, 0.717) is 0 Å². The van der Waals surface area contributed by atoms with Gasteiger partial charge < -0.3 is 5.11 Å². The zero-order valence-corrected chi connectivity index (χ0v) is 13.4. The molecule has 5 nitrogen and oxygen atoms in total. The molecule has 1 aromatic rings. The van der Waals surface area contributed by atoms with Gasteiger partial charge in [-0.05, 0) is 29.8 Å². The molecular weight excluding hydrogens is 308 g/mol. The first-order valence-corrected chi connectivity index (χ1v) is 7.72. The Balaban J connectivity index is 1.95. The number of piperazine rings is 1. The molecule has 108 valence electrons. The molecule has 1 N–H and O–H groups in total. The number of halogens is 1. The van der Waals surface area contributed by atoms with E-state index in [2.05, 4.69) is 42.4 Å². The van der Waals surface area contributed by atoms with Crippen molar-refractivity contribution in [3.05, 3.63) is 15.9 Å². The van der Waals surface area contributed by atoms with Gasteiger partial charge in [0.2, 0.25) is 0 Å². The summed E-state index contributed by atoms with van der Waals surface area (Å²) in [6.45, 7) is 11.3. The van der Waals surface area contributed by atoms with E-state index in [9.17, 15) is 0 Å². The lowest BCUT2D eigenvalue weighted by Crippen LogP contribution is -2.46. The van der Waals surface area contributed by atoms with E-state index in [-0.39, 0.29) is 6.61 Å². The predicted octanol–water partition coefficient (Wildman–Crippen LogP) is 1.08. The molecule has 0 atom stereocenters. The van der Waals surface area contributed by atoms with Gasteiger partial charge in [-0.2, -0.15) is 5.10 Å². The summed E-state index contributed by atoms with van der Waals surface area (Å²) in [7, 11) is 0. The lowest BCUT2D eigenvalue weighted by Gasteiger charge is -2.34. The summed E-state index contributed by atoms with van der Waals surface area (Å²) in [5, 5.41) is 13.5. The molecule has 2 heterocycles. The summed E-state index contributed by atoms with van der Waals surface area (Å²) in [5.74, 6) is 0. The van der Waals surface area contributed by atoms with Gasteiger partial charge in [0, 0.05) is 45.8 Å². The maximum atomic E-state index is 8.95. The lowest BCUT2D eigenvalue weighted by molar-refractivity contribution is 0.106. The van der Waals surface area contributed by atoms with Gasteiger partial charge >= 0.3 is 0 Å². The van der Waals surface area contributed by atoms with Crippen molar-refractivity contribution in [2.75, 3.05) is 39.3 Å². The van der Waals surface area contributed by atoms with E-state index >= 15 is 0 Å². The van der Waals surface area contributed by atoms with Crippen LogP contribution >= 0.6 is 15.9 Å². The summed E-state index contributed by atoms with van der Waals surface area (Å²) >= 11 is 3.65. The number of hydrogen-bond acceptors (Lipinski definition) is 4. The van der Waals surface area contributed by atoms with Gasteiger partial charge in [0.05, 0.1) is 22.5 Å². The standard InChI is InChI=1S/C13H23BrN4O/c1-3-18-12(13(14)11(2)15-18)10-17-6-4-16(5-7-17)8-9-19/h19H,3-10H2,1-2H3. The highest BCUT2D eigenvalue weighted by atomic mass is 79.9.